The maximum absolute atomic E-state index is 13.9. The summed E-state index contributed by atoms with van der Waals surface area (Å²) in [6.07, 6.45) is 3.37. The molecule has 1 fully saturated rings. The van der Waals surface area contributed by atoms with Gasteiger partial charge < -0.3 is 5.73 Å². The summed E-state index contributed by atoms with van der Waals surface area (Å²) in [7, 11) is 0. The lowest BCUT2D eigenvalue weighted by atomic mass is 10.1. The lowest BCUT2D eigenvalue weighted by Crippen LogP contribution is -2.42. The third-order valence-corrected chi connectivity index (χ3v) is 3.42. The Morgan fingerprint density at radius 2 is 2.14 bits per heavy atom. The van der Waals surface area contributed by atoms with E-state index in [-0.39, 0.29) is 11.6 Å². The molecule has 1 aromatic heterocycles. The molecule has 6 nitrogen and oxygen atoms in total. The summed E-state index contributed by atoms with van der Waals surface area (Å²) in [6, 6.07) is 5.72. The standard InChI is InChI=1S/C14H14FN5O/c15-10-3-1-2-4-11(10)20(14(16)17)13(21)9-7-18-19-12(9)8-5-6-8/h1-4,7-8H,5-6H2,(H3,16,17)(H,18,19). The Kier molecular flexibility index (Phi) is 3.17. The molecule has 0 radical (unpaired) electrons. The number of halogens is 1. The van der Waals surface area contributed by atoms with Crippen molar-refractivity contribution in [2.24, 2.45) is 5.73 Å². The van der Waals surface area contributed by atoms with Crippen LogP contribution in [0, 0.1) is 11.2 Å². The molecule has 0 saturated heterocycles. The number of nitrogens with one attached hydrogen (secondary N) is 2. The molecule has 0 aliphatic heterocycles. The number of H-pyrrole nitrogens is 1. The van der Waals surface area contributed by atoms with Gasteiger partial charge in [0, 0.05) is 5.92 Å². The number of aromatic nitrogens is 2. The van der Waals surface area contributed by atoms with Crippen LogP contribution in [-0.2, 0) is 0 Å². The van der Waals surface area contributed by atoms with Crippen molar-refractivity contribution in [1.82, 2.24) is 10.2 Å². The summed E-state index contributed by atoms with van der Waals surface area (Å²) in [5.41, 5.74) is 6.49. The van der Waals surface area contributed by atoms with Crippen molar-refractivity contribution in [3.63, 3.8) is 0 Å². The van der Waals surface area contributed by atoms with Crippen molar-refractivity contribution >= 4 is 17.6 Å². The van der Waals surface area contributed by atoms with Crippen molar-refractivity contribution in [3.05, 3.63) is 47.5 Å². The van der Waals surface area contributed by atoms with Gasteiger partial charge in [-0.1, -0.05) is 12.1 Å². The number of carbonyl (C=O) groups is 1. The first-order valence-corrected chi connectivity index (χ1v) is 6.56. The summed E-state index contributed by atoms with van der Waals surface area (Å²) in [6.45, 7) is 0. The highest BCUT2D eigenvalue weighted by Gasteiger charge is 2.33. The minimum absolute atomic E-state index is 0.0436. The number of nitrogens with zero attached hydrogens (tertiary/aromatic N) is 2. The van der Waals surface area contributed by atoms with Gasteiger partial charge in [-0.3, -0.25) is 15.3 Å². The molecule has 1 saturated carbocycles. The average Bonchev–Trinajstić information content (AvgIpc) is 3.18. The van der Waals surface area contributed by atoms with Crippen LogP contribution in [0.25, 0.3) is 0 Å². The molecule has 0 atom stereocenters. The molecule has 1 aromatic carbocycles. The van der Waals surface area contributed by atoms with Gasteiger partial charge in [0.15, 0.2) is 5.96 Å². The van der Waals surface area contributed by atoms with Crippen LogP contribution in [0.3, 0.4) is 0 Å². The molecule has 3 rings (SSSR count). The molecule has 1 aliphatic carbocycles. The van der Waals surface area contributed by atoms with Gasteiger partial charge in [-0.15, -0.1) is 0 Å². The van der Waals surface area contributed by atoms with Gasteiger partial charge in [0.1, 0.15) is 5.82 Å². The van der Waals surface area contributed by atoms with Gasteiger partial charge >= 0.3 is 0 Å². The zero-order valence-electron chi connectivity index (χ0n) is 11.1. The van der Waals surface area contributed by atoms with Gasteiger partial charge in [0.25, 0.3) is 5.91 Å². The van der Waals surface area contributed by atoms with E-state index in [1.54, 1.807) is 6.07 Å². The maximum Gasteiger partial charge on any atom is 0.268 e. The maximum atomic E-state index is 13.9. The molecule has 2 aromatic rings. The lowest BCUT2D eigenvalue weighted by Gasteiger charge is -2.21. The number of carbonyl (C=O) groups excluding carboxylic acids is 1. The SMILES string of the molecule is N=C(N)N(C(=O)c1cn[nH]c1C1CC1)c1ccccc1F. The number of guanidine groups is 1. The summed E-state index contributed by atoms with van der Waals surface area (Å²) >= 11 is 0. The molecular formula is C14H14FN5O. The molecule has 108 valence electrons. The fraction of sp³-hybridized carbons (Fsp3) is 0.214. The Bertz CT molecular complexity index is 707. The van der Waals surface area contributed by atoms with Crippen LogP contribution < -0.4 is 10.6 Å². The monoisotopic (exact) mass is 287 g/mol. The fourth-order valence-electron chi connectivity index (χ4n) is 2.25. The second kappa shape index (κ2) is 5.01. The molecule has 0 unspecified atom stereocenters. The lowest BCUT2D eigenvalue weighted by molar-refractivity contribution is 0.100. The third kappa shape index (κ3) is 2.37. The highest BCUT2D eigenvalue weighted by molar-refractivity contribution is 6.21. The zero-order valence-corrected chi connectivity index (χ0v) is 11.1. The largest absolute Gasteiger partial charge is 0.369 e. The van der Waals surface area contributed by atoms with Crippen LogP contribution >= 0.6 is 0 Å². The molecule has 4 N–H and O–H groups in total. The normalized spacial score (nSPS) is 14.0. The van der Waals surface area contributed by atoms with Crippen LogP contribution in [0.5, 0.6) is 0 Å². The van der Waals surface area contributed by atoms with Crippen molar-refractivity contribution < 1.29 is 9.18 Å². The highest BCUT2D eigenvalue weighted by atomic mass is 19.1. The van der Waals surface area contributed by atoms with Gasteiger partial charge in [-0.05, 0) is 25.0 Å². The van der Waals surface area contributed by atoms with Crippen LogP contribution in [0.1, 0.15) is 34.8 Å². The topological polar surface area (TPSA) is 98.9 Å². The summed E-state index contributed by atoms with van der Waals surface area (Å²) in [4.78, 5) is 13.5. The van der Waals surface area contributed by atoms with Crippen LogP contribution in [0.15, 0.2) is 30.5 Å². The van der Waals surface area contributed by atoms with E-state index in [0.717, 1.165) is 23.4 Å². The van der Waals surface area contributed by atoms with Crippen LogP contribution in [0.4, 0.5) is 10.1 Å². The first kappa shape index (κ1) is 13.3. The first-order valence-electron chi connectivity index (χ1n) is 6.56. The van der Waals surface area contributed by atoms with E-state index in [9.17, 15) is 9.18 Å². The fourth-order valence-corrected chi connectivity index (χ4v) is 2.25. The summed E-state index contributed by atoms with van der Waals surface area (Å²) in [5, 5.41) is 14.3. The molecular weight excluding hydrogens is 273 g/mol. The number of benzene rings is 1. The molecule has 1 heterocycles. The molecule has 21 heavy (non-hydrogen) atoms. The minimum Gasteiger partial charge on any atom is -0.369 e. The predicted octanol–water partition coefficient (Wildman–Crippen LogP) is 1.97. The Labute approximate surface area is 120 Å². The zero-order chi connectivity index (χ0) is 15.0. The molecule has 1 amide bonds. The second-order valence-corrected chi connectivity index (χ2v) is 4.95. The molecule has 0 spiro atoms. The Balaban J connectivity index is 2.01. The smallest absolute Gasteiger partial charge is 0.268 e. The van der Waals surface area contributed by atoms with E-state index in [1.165, 1.54) is 24.4 Å². The van der Waals surface area contributed by atoms with Crippen LogP contribution in [-0.4, -0.2) is 22.1 Å². The summed E-state index contributed by atoms with van der Waals surface area (Å²) in [5.74, 6) is -1.42. The Hall–Kier alpha value is -2.70. The van der Waals surface area contributed by atoms with E-state index < -0.39 is 17.7 Å². The van der Waals surface area contributed by atoms with E-state index in [0.29, 0.717) is 5.56 Å². The van der Waals surface area contributed by atoms with Crippen LogP contribution in [0.2, 0.25) is 0 Å². The van der Waals surface area contributed by atoms with Gasteiger partial charge in [-0.2, -0.15) is 5.10 Å². The number of hydrogen-bond acceptors (Lipinski definition) is 3. The van der Waals surface area contributed by atoms with E-state index >= 15 is 0 Å². The van der Waals surface area contributed by atoms with E-state index in [4.69, 9.17) is 11.1 Å². The first-order chi connectivity index (χ1) is 10.1. The molecule has 0 bridgehead atoms. The number of amides is 1. The van der Waals surface area contributed by atoms with Crippen molar-refractivity contribution in [2.45, 2.75) is 18.8 Å². The quantitative estimate of drug-likeness (QED) is 0.594. The molecule has 7 heteroatoms. The van der Waals surface area contributed by atoms with Gasteiger partial charge in [0.05, 0.1) is 23.1 Å². The Morgan fingerprint density at radius 1 is 1.43 bits per heavy atom. The van der Waals surface area contributed by atoms with Gasteiger partial charge in [0.2, 0.25) is 0 Å². The van der Waals surface area contributed by atoms with E-state index in [1.807, 2.05) is 0 Å². The number of hydrogen-bond donors (Lipinski definition) is 3. The number of para-hydroxylation sites is 1. The van der Waals surface area contributed by atoms with Crippen molar-refractivity contribution in [2.75, 3.05) is 4.90 Å². The van der Waals surface area contributed by atoms with E-state index in [2.05, 4.69) is 10.2 Å². The van der Waals surface area contributed by atoms with Gasteiger partial charge in [-0.25, -0.2) is 9.29 Å². The number of aromatic amines is 1. The number of anilines is 1. The predicted molar refractivity (Wildman–Crippen MR) is 75.7 cm³/mol. The summed E-state index contributed by atoms with van der Waals surface area (Å²) < 4.78 is 13.9. The third-order valence-electron chi connectivity index (χ3n) is 3.42. The minimum atomic E-state index is -0.613. The Morgan fingerprint density at radius 3 is 2.76 bits per heavy atom. The molecule has 1 aliphatic rings. The number of rotatable bonds is 3. The second-order valence-electron chi connectivity index (χ2n) is 4.95. The number of nitrogens with two attached hydrogens (primary N) is 1. The van der Waals surface area contributed by atoms with Crippen molar-refractivity contribution in [1.29, 1.82) is 5.41 Å². The van der Waals surface area contributed by atoms with Crippen molar-refractivity contribution in [3.8, 4) is 0 Å². The highest BCUT2D eigenvalue weighted by Crippen LogP contribution is 2.40. The average molecular weight is 287 g/mol.